The molecule has 0 radical (unpaired) electrons. The number of carbonyl (C=O) groups is 2. The van der Waals surface area contributed by atoms with Crippen LogP contribution < -0.4 is 5.32 Å². The van der Waals surface area contributed by atoms with Crippen molar-refractivity contribution in [3.05, 3.63) is 50.4 Å². The molecular formula is C12H10N2O6S. The van der Waals surface area contributed by atoms with Crippen LogP contribution in [0.3, 0.4) is 0 Å². The van der Waals surface area contributed by atoms with Gasteiger partial charge in [0.05, 0.1) is 12.6 Å². The van der Waals surface area contributed by atoms with Crippen LogP contribution in [0.5, 0.6) is 0 Å². The van der Waals surface area contributed by atoms with E-state index in [1.165, 1.54) is 11.3 Å². The number of nitrogens with one attached hydrogen (secondary N) is 1. The maximum absolute atomic E-state index is 11.5. The molecule has 9 heteroatoms. The monoisotopic (exact) mass is 310 g/mol. The molecule has 2 heterocycles. The number of nitro groups is 1. The van der Waals surface area contributed by atoms with E-state index in [1.807, 2.05) is 17.5 Å². The van der Waals surface area contributed by atoms with Gasteiger partial charge in [0.2, 0.25) is 5.76 Å². The molecule has 0 saturated carbocycles. The fraction of sp³-hybridized carbons (Fsp3) is 0.167. The highest BCUT2D eigenvalue weighted by Gasteiger charge is 2.19. The number of amides is 1. The van der Waals surface area contributed by atoms with E-state index in [1.54, 1.807) is 0 Å². The normalized spacial score (nSPS) is 10.1. The molecular weight excluding hydrogens is 300 g/mol. The fourth-order valence-corrected chi connectivity index (χ4v) is 2.03. The third-order valence-corrected chi connectivity index (χ3v) is 3.22. The first-order chi connectivity index (χ1) is 10.1. The predicted octanol–water partition coefficient (Wildman–Crippen LogP) is 1.72. The Morgan fingerprint density at radius 2 is 2.19 bits per heavy atom. The van der Waals surface area contributed by atoms with Crippen LogP contribution in [-0.4, -0.2) is 23.4 Å². The van der Waals surface area contributed by atoms with Crippen LogP contribution >= 0.6 is 11.3 Å². The van der Waals surface area contributed by atoms with Crippen molar-refractivity contribution in [1.82, 2.24) is 5.32 Å². The van der Waals surface area contributed by atoms with Crippen LogP contribution in [0, 0.1) is 10.1 Å². The lowest BCUT2D eigenvalue weighted by Gasteiger charge is -2.04. The van der Waals surface area contributed by atoms with E-state index in [9.17, 15) is 19.7 Å². The molecule has 0 saturated heterocycles. The smallest absolute Gasteiger partial charge is 0.433 e. The Morgan fingerprint density at radius 1 is 1.38 bits per heavy atom. The number of nitrogens with zero attached hydrogens (tertiary/aromatic N) is 1. The molecule has 2 aromatic heterocycles. The molecule has 0 spiro atoms. The Bertz CT molecular complexity index is 649. The highest BCUT2D eigenvalue weighted by molar-refractivity contribution is 7.09. The van der Waals surface area contributed by atoms with Gasteiger partial charge < -0.3 is 14.5 Å². The summed E-state index contributed by atoms with van der Waals surface area (Å²) in [6, 6.07) is 5.87. The SMILES string of the molecule is O=C(COC(=O)c1ccc([N+](=O)[O-])o1)NCc1cccs1. The van der Waals surface area contributed by atoms with Gasteiger partial charge in [-0.05, 0) is 17.5 Å². The zero-order valence-corrected chi connectivity index (χ0v) is 11.4. The second-order valence-corrected chi connectivity index (χ2v) is 4.86. The molecule has 0 aliphatic heterocycles. The van der Waals surface area contributed by atoms with Crippen molar-refractivity contribution in [2.75, 3.05) is 6.61 Å². The van der Waals surface area contributed by atoms with Crippen molar-refractivity contribution in [2.45, 2.75) is 6.54 Å². The molecule has 1 amide bonds. The Balaban J connectivity index is 1.77. The Morgan fingerprint density at radius 3 is 2.81 bits per heavy atom. The molecule has 0 fully saturated rings. The molecule has 2 rings (SSSR count). The summed E-state index contributed by atoms with van der Waals surface area (Å²) in [6.45, 7) is -0.140. The first-order valence-corrected chi connectivity index (χ1v) is 6.64. The summed E-state index contributed by atoms with van der Waals surface area (Å²) < 4.78 is 9.34. The van der Waals surface area contributed by atoms with Gasteiger partial charge in [-0.2, -0.15) is 0 Å². The number of thiophene rings is 1. The highest BCUT2D eigenvalue weighted by atomic mass is 32.1. The second kappa shape index (κ2) is 6.66. The largest absolute Gasteiger partial charge is 0.450 e. The molecule has 110 valence electrons. The van der Waals surface area contributed by atoms with Gasteiger partial charge in [0.25, 0.3) is 5.91 Å². The molecule has 0 aliphatic rings. The minimum Gasteiger partial charge on any atom is -0.450 e. The van der Waals surface area contributed by atoms with Crippen LogP contribution in [0.1, 0.15) is 15.4 Å². The maximum atomic E-state index is 11.5. The van der Waals surface area contributed by atoms with Gasteiger partial charge in [-0.3, -0.25) is 14.9 Å². The summed E-state index contributed by atoms with van der Waals surface area (Å²) in [5.41, 5.74) is 0. The number of carbonyl (C=O) groups excluding carboxylic acids is 2. The van der Waals surface area contributed by atoms with E-state index >= 15 is 0 Å². The summed E-state index contributed by atoms with van der Waals surface area (Å²) in [4.78, 5) is 33.6. The Kier molecular flexibility index (Phi) is 4.67. The number of hydrogen-bond donors (Lipinski definition) is 1. The molecule has 1 N–H and O–H groups in total. The summed E-state index contributed by atoms with van der Waals surface area (Å²) in [7, 11) is 0. The fourth-order valence-electron chi connectivity index (χ4n) is 1.39. The van der Waals surface area contributed by atoms with Crippen molar-refractivity contribution >= 4 is 29.1 Å². The van der Waals surface area contributed by atoms with Crippen molar-refractivity contribution in [3.63, 3.8) is 0 Å². The summed E-state index contributed by atoms with van der Waals surface area (Å²) >= 11 is 1.49. The van der Waals surface area contributed by atoms with E-state index in [-0.39, 0.29) is 5.76 Å². The van der Waals surface area contributed by atoms with Crippen LogP contribution in [0.15, 0.2) is 34.1 Å². The quantitative estimate of drug-likeness (QED) is 0.494. The van der Waals surface area contributed by atoms with Gasteiger partial charge >= 0.3 is 11.9 Å². The summed E-state index contributed by atoms with van der Waals surface area (Å²) in [5, 5.41) is 14.8. The molecule has 0 aliphatic carbocycles. The zero-order chi connectivity index (χ0) is 15.2. The van der Waals surface area contributed by atoms with Gasteiger partial charge in [0.1, 0.15) is 4.92 Å². The van der Waals surface area contributed by atoms with E-state index < -0.39 is 29.3 Å². The average molecular weight is 310 g/mol. The minimum atomic E-state index is -0.936. The molecule has 0 bridgehead atoms. The summed E-state index contributed by atoms with van der Waals surface area (Å²) in [5.74, 6) is -2.30. The Labute approximate surface area is 122 Å². The van der Waals surface area contributed by atoms with Gasteiger partial charge in [-0.15, -0.1) is 11.3 Å². The summed E-state index contributed by atoms with van der Waals surface area (Å²) in [6.07, 6.45) is 0. The third kappa shape index (κ3) is 4.14. The van der Waals surface area contributed by atoms with Crippen molar-refractivity contribution in [3.8, 4) is 0 Å². The molecule has 21 heavy (non-hydrogen) atoms. The number of esters is 1. The minimum absolute atomic E-state index is 0.326. The average Bonchev–Trinajstić information content (AvgIpc) is 3.12. The maximum Gasteiger partial charge on any atom is 0.433 e. The van der Waals surface area contributed by atoms with Gasteiger partial charge in [-0.25, -0.2) is 4.79 Å². The molecule has 0 atom stereocenters. The number of hydrogen-bond acceptors (Lipinski definition) is 7. The van der Waals surface area contributed by atoms with E-state index in [2.05, 4.69) is 14.5 Å². The lowest BCUT2D eigenvalue weighted by molar-refractivity contribution is -0.402. The first-order valence-electron chi connectivity index (χ1n) is 5.76. The van der Waals surface area contributed by atoms with Crippen molar-refractivity contribution < 1.29 is 23.7 Å². The topological polar surface area (TPSA) is 112 Å². The van der Waals surface area contributed by atoms with Crippen LogP contribution in [0.2, 0.25) is 0 Å². The van der Waals surface area contributed by atoms with Crippen LogP contribution in [-0.2, 0) is 16.1 Å². The standard InChI is InChI=1S/C12H10N2O6S/c15-10(13-6-8-2-1-5-21-8)7-19-12(16)9-3-4-11(20-9)14(17)18/h1-5H,6-7H2,(H,13,15). The van der Waals surface area contributed by atoms with Crippen molar-refractivity contribution in [2.24, 2.45) is 0 Å². The molecule has 0 unspecified atom stereocenters. The molecule has 2 aromatic rings. The highest BCUT2D eigenvalue weighted by Crippen LogP contribution is 2.16. The predicted molar refractivity (Wildman–Crippen MR) is 71.8 cm³/mol. The second-order valence-electron chi connectivity index (χ2n) is 3.83. The van der Waals surface area contributed by atoms with Crippen LogP contribution in [0.4, 0.5) is 5.88 Å². The number of furan rings is 1. The van der Waals surface area contributed by atoms with E-state index in [0.29, 0.717) is 6.54 Å². The third-order valence-electron chi connectivity index (χ3n) is 2.35. The lowest BCUT2D eigenvalue weighted by Crippen LogP contribution is -2.28. The first kappa shape index (κ1) is 14.7. The van der Waals surface area contributed by atoms with Gasteiger partial charge in [-0.1, -0.05) is 6.07 Å². The van der Waals surface area contributed by atoms with E-state index in [0.717, 1.165) is 17.0 Å². The molecule has 0 aromatic carbocycles. The molecule has 8 nitrogen and oxygen atoms in total. The number of rotatable bonds is 6. The lowest BCUT2D eigenvalue weighted by atomic mass is 10.4. The van der Waals surface area contributed by atoms with Gasteiger partial charge in [0.15, 0.2) is 6.61 Å². The van der Waals surface area contributed by atoms with E-state index in [4.69, 9.17) is 0 Å². The van der Waals surface area contributed by atoms with Crippen molar-refractivity contribution in [1.29, 1.82) is 0 Å². The Hall–Kier alpha value is -2.68. The number of ether oxygens (including phenoxy) is 1. The van der Waals surface area contributed by atoms with Gasteiger partial charge in [0, 0.05) is 4.88 Å². The zero-order valence-electron chi connectivity index (χ0n) is 10.6. The van der Waals surface area contributed by atoms with Crippen LogP contribution in [0.25, 0.3) is 0 Å².